The molecule has 0 atom stereocenters. The maximum atomic E-state index is 12.4. The Kier molecular flexibility index (Phi) is 4.29. The summed E-state index contributed by atoms with van der Waals surface area (Å²) in [4.78, 5) is 24.8. The number of carbonyl (C=O) groups excluding carboxylic acids is 1. The molecule has 0 saturated heterocycles. The van der Waals surface area contributed by atoms with Gasteiger partial charge in [0.25, 0.3) is 5.91 Å². The summed E-state index contributed by atoms with van der Waals surface area (Å²) in [6, 6.07) is 12.5. The molecule has 0 saturated carbocycles. The first-order chi connectivity index (χ1) is 12.8. The van der Waals surface area contributed by atoms with Crippen LogP contribution in [0.5, 0.6) is 11.5 Å². The molecule has 0 fully saturated rings. The summed E-state index contributed by atoms with van der Waals surface area (Å²) >= 11 is 0. The Hall–Kier alpha value is -3.68. The molecule has 1 aliphatic rings. The van der Waals surface area contributed by atoms with Crippen LogP contribution in [0.15, 0.2) is 55.0 Å². The van der Waals surface area contributed by atoms with Crippen molar-refractivity contribution >= 4 is 17.4 Å². The van der Waals surface area contributed by atoms with Crippen LogP contribution in [0.3, 0.4) is 0 Å². The zero-order chi connectivity index (χ0) is 17.8. The molecule has 2 N–H and O–H groups in total. The molecule has 0 unspecified atom stereocenters. The van der Waals surface area contributed by atoms with Gasteiger partial charge in [-0.2, -0.15) is 0 Å². The Balaban J connectivity index is 1.43. The average molecular weight is 349 g/mol. The minimum atomic E-state index is -0.341. The van der Waals surface area contributed by atoms with Gasteiger partial charge in [0, 0.05) is 24.0 Å². The Morgan fingerprint density at radius 1 is 1.04 bits per heavy atom. The number of anilines is 2. The molecule has 4 rings (SSSR count). The fourth-order valence-electron chi connectivity index (χ4n) is 2.43. The van der Waals surface area contributed by atoms with Crippen molar-refractivity contribution in [3.63, 3.8) is 0 Å². The fourth-order valence-corrected chi connectivity index (χ4v) is 2.43. The molecule has 3 heterocycles. The Bertz CT molecular complexity index is 933. The number of hydrogen-bond donors (Lipinski definition) is 2. The largest absolute Gasteiger partial charge is 0.454 e. The first-order valence-corrected chi connectivity index (χ1v) is 7.95. The van der Waals surface area contributed by atoms with Gasteiger partial charge in [0.05, 0.1) is 12.2 Å². The van der Waals surface area contributed by atoms with Gasteiger partial charge in [-0.1, -0.05) is 6.07 Å². The number of ether oxygens (including phenoxy) is 2. The van der Waals surface area contributed by atoms with Crippen molar-refractivity contribution in [2.45, 2.75) is 6.54 Å². The highest BCUT2D eigenvalue weighted by molar-refractivity contribution is 6.03. The van der Waals surface area contributed by atoms with Crippen molar-refractivity contribution in [2.75, 3.05) is 17.4 Å². The van der Waals surface area contributed by atoms with Gasteiger partial charge in [-0.05, 0) is 24.3 Å². The molecule has 0 spiro atoms. The average Bonchev–Trinajstić information content (AvgIpc) is 3.15. The summed E-state index contributed by atoms with van der Waals surface area (Å²) in [5, 5.41) is 5.91. The van der Waals surface area contributed by atoms with Gasteiger partial charge in [0.2, 0.25) is 6.79 Å². The monoisotopic (exact) mass is 349 g/mol. The highest BCUT2D eigenvalue weighted by atomic mass is 16.7. The van der Waals surface area contributed by atoms with E-state index in [4.69, 9.17) is 9.47 Å². The molecule has 8 heteroatoms. The molecule has 1 aliphatic heterocycles. The highest BCUT2D eigenvalue weighted by Crippen LogP contribution is 2.34. The number of pyridine rings is 1. The number of hydrogen-bond acceptors (Lipinski definition) is 7. The van der Waals surface area contributed by atoms with Crippen LogP contribution in [-0.2, 0) is 6.54 Å². The van der Waals surface area contributed by atoms with E-state index in [1.807, 2.05) is 18.2 Å². The van der Waals surface area contributed by atoms with E-state index in [0.717, 1.165) is 5.69 Å². The van der Waals surface area contributed by atoms with E-state index >= 15 is 0 Å². The second-order valence-corrected chi connectivity index (χ2v) is 5.49. The van der Waals surface area contributed by atoms with Gasteiger partial charge in [0.1, 0.15) is 17.8 Å². The van der Waals surface area contributed by atoms with E-state index in [1.165, 1.54) is 6.33 Å². The molecular weight excluding hydrogens is 334 g/mol. The Morgan fingerprint density at radius 2 is 1.96 bits per heavy atom. The van der Waals surface area contributed by atoms with E-state index in [-0.39, 0.29) is 18.4 Å². The minimum absolute atomic E-state index is 0.184. The van der Waals surface area contributed by atoms with Crippen LogP contribution in [-0.4, -0.2) is 27.7 Å². The second-order valence-electron chi connectivity index (χ2n) is 5.49. The summed E-state index contributed by atoms with van der Waals surface area (Å²) in [6.07, 6.45) is 3.07. The number of benzene rings is 1. The molecular formula is C18H15N5O3. The van der Waals surface area contributed by atoms with Crippen LogP contribution in [0, 0.1) is 0 Å². The molecule has 0 bridgehead atoms. The van der Waals surface area contributed by atoms with Gasteiger partial charge in [-0.15, -0.1) is 0 Å². The topological polar surface area (TPSA) is 98.3 Å². The predicted octanol–water partition coefficient (Wildman–Crippen LogP) is 2.46. The van der Waals surface area contributed by atoms with Crippen LogP contribution in [0.2, 0.25) is 0 Å². The van der Waals surface area contributed by atoms with Crippen molar-refractivity contribution in [3.8, 4) is 11.5 Å². The Labute approximate surface area is 149 Å². The van der Waals surface area contributed by atoms with E-state index in [2.05, 4.69) is 25.6 Å². The summed E-state index contributed by atoms with van der Waals surface area (Å²) in [5.41, 5.74) is 1.72. The normalized spacial score (nSPS) is 11.8. The molecule has 130 valence electrons. The van der Waals surface area contributed by atoms with E-state index in [9.17, 15) is 4.79 Å². The molecule has 26 heavy (non-hydrogen) atoms. The fraction of sp³-hybridized carbons (Fsp3) is 0.111. The van der Waals surface area contributed by atoms with Gasteiger partial charge in [0.15, 0.2) is 11.5 Å². The number of rotatable bonds is 5. The quantitative estimate of drug-likeness (QED) is 0.730. The molecule has 8 nitrogen and oxygen atoms in total. The highest BCUT2D eigenvalue weighted by Gasteiger charge is 2.15. The molecule has 3 aromatic rings. The summed E-state index contributed by atoms with van der Waals surface area (Å²) < 4.78 is 10.6. The number of aromatic nitrogens is 3. The third-order valence-electron chi connectivity index (χ3n) is 3.71. The lowest BCUT2D eigenvalue weighted by atomic mass is 10.2. The summed E-state index contributed by atoms with van der Waals surface area (Å²) in [7, 11) is 0. The smallest absolute Gasteiger partial charge is 0.274 e. The number of nitrogens with zero attached hydrogens (tertiary/aromatic N) is 3. The zero-order valence-corrected chi connectivity index (χ0v) is 13.7. The maximum absolute atomic E-state index is 12.4. The number of nitrogens with one attached hydrogen (secondary N) is 2. The molecule has 1 amide bonds. The molecule has 2 aromatic heterocycles. The lowest BCUT2D eigenvalue weighted by Crippen LogP contribution is -2.14. The summed E-state index contributed by atoms with van der Waals surface area (Å²) in [6.45, 7) is 0.686. The van der Waals surface area contributed by atoms with Crippen molar-refractivity contribution < 1.29 is 14.3 Å². The molecule has 0 radical (unpaired) electrons. The van der Waals surface area contributed by atoms with Crippen molar-refractivity contribution in [1.82, 2.24) is 15.0 Å². The third kappa shape index (κ3) is 3.54. The van der Waals surface area contributed by atoms with Gasteiger partial charge >= 0.3 is 0 Å². The van der Waals surface area contributed by atoms with E-state index in [1.54, 1.807) is 30.5 Å². The van der Waals surface area contributed by atoms with Crippen molar-refractivity contribution in [2.24, 2.45) is 0 Å². The van der Waals surface area contributed by atoms with Crippen LogP contribution in [0.4, 0.5) is 11.5 Å². The Morgan fingerprint density at radius 3 is 2.85 bits per heavy atom. The zero-order valence-electron chi connectivity index (χ0n) is 13.7. The SMILES string of the molecule is O=C(Nc1ccc2c(c1)OCO2)c1cc(NCc2ccccn2)ncn1. The van der Waals surface area contributed by atoms with Crippen molar-refractivity contribution in [1.29, 1.82) is 0 Å². The standard InChI is InChI=1S/C18H15N5O3/c24-18(23-12-4-5-15-16(7-12)26-11-25-15)14-8-17(22-10-21-14)20-9-13-3-1-2-6-19-13/h1-8,10H,9,11H2,(H,23,24)(H,20,21,22). The lowest BCUT2D eigenvalue weighted by molar-refractivity contribution is 0.102. The number of amides is 1. The maximum Gasteiger partial charge on any atom is 0.274 e. The first kappa shape index (κ1) is 15.8. The second kappa shape index (κ2) is 7.06. The van der Waals surface area contributed by atoms with Crippen LogP contribution in [0.1, 0.15) is 16.2 Å². The van der Waals surface area contributed by atoms with Crippen molar-refractivity contribution in [3.05, 3.63) is 66.4 Å². The van der Waals surface area contributed by atoms with Gasteiger partial charge in [-0.25, -0.2) is 9.97 Å². The molecule has 1 aromatic carbocycles. The summed E-state index contributed by atoms with van der Waals surface area (Å²) in [5.74, 6) is 1.46. The number of fused-ring (bicyclic) bond motifs is 1. The van der Waals surface area contributed by atoms with Gasteiger partial charge in [-0.3, -0.25) is 9.78 Å². The first-order valence-electron chi connectivity index (χ1n) is 7.95. The van der Waals surface area contributed by atoms with Crippen LogP contribution in [0.25, 0.3) is 0 Å². The van der Waals surface area contributed by atoms with E-state index < -0.39 is 0 Å². The van der Waals surface area contributed by atoms with Gasteiger partial charge < -0.3 is 20.1 Å². The lowest BCUT2D eigenvalue weighted by Gasteiger charge is -2.08. The molecule has 0 aliphatic carbocycles. The third-order valence-corrected chi connectivity index (χ3v) is 3.71. The minimum Gasteiger partial charge on any atom is -0.454 e. The predicted molar refractivity (Wildman–Crippen MR) is 94.1 cm³/mol. The number of carbonyl (C=O) groups is 1. The van der Waals surface area contributed by atoms with Crippen LogP contribution < -0.4 is 20.1 Å². The van der Waals surface area contributed by atoms with E-state index in [0.29, 0.717) is 29.5 Å². The van der Waals surface area contributed by atoms with Crippen LogP contribution >= 0.6 is 0 Å².